The summed E-state index contributed by atoms with van der Waals surface area (Å²) in [6, 6.07) is 5.51. The number of hydrogen-bond acceptors (Lipinski definition) is 3. The van der Waals surface area contributed by atoms with E-state index in [2.05, 4.69) is 15.4 Å². The molecule has 21 heavy (non-hydrogen) atoms. The van der Waals surface area contributed by atoms with Crippen molar-refractivity contribution >= 4 is 21.7 Å². The largest absolute Gasteiger partial charge is 0.333 e. The quantitative estimate of drug-likeness (QED) is 0.797. The molecule has 118 valence electrons. The van der Waals surface area contributed by atoms with Crippen LogP contribution in [0.2, 0.25) is 0 Å². The van der Waals surface area contributed by atoms with E-state index in [1.807, 2.05) is 20.8 Å². The molecule has 6 nitrogen and oxygen atoms in total. The van der Waals surface area contributed by atoms with Gasteiger partial charge in [-0.2, -0.15) is 0 Å². The summed E-state index contributed by atoms with van der Waals surface area (Å²) < 4.78 is 26.4. The van der Waals surface area contributed by atoms with E-state index in [-0.39, 0.29) is 22.5 Å². The van der Waals surface area contributed by atoms with Crippen LogP contribution in [0.15, 0.2) is 29.2 Å². The lowest BCUT2D eigenvalue weighted by Gasteiger charge is -2.20. The Morgan fingerprint density at radius 2 is 1.62 bits per heavy atom. The molecule has 2 amide bonds. The second kappa shape index (κ2) is 6.44. The summed E-state index contributed by atoms with van der Waals surface area (Å²) in [5.41, 5.74) is 0.189. The number of hydrogen-bond donors (Lipinski definition) is 3. The Morgan fingerprint density at radius 3 is 2.05 bits per heavy atom. The van der Waals surface area contributed by atoms with Gasteiger partial charge in [-0.15, -0.1) is 0 Å². The average Bonchev–Trinajstić information content (AvgIpc) is 2.24. The van der Waals surface area contributed by atoms with Crippen molar-refractivity contribution in [3.63, 3.8) is 0 Å². The molecule has 0 bridgehead atoms. The van der Waals surface area contributed by atoms with E-state index < -0.39 is 10.0 Å². The second-order valence-electron chi connectivity index (χ2n) is 6.13. The minimum absolute atomic E-state index is 0.165. The minimum Gasteiger partial charge on any atom is -0.333 e. The SMILES string of the molecule is CC(C)NS(=O)(=O)c1ccc(NC(=O)NC(C)(C)C)cc1. The maximum atomic E-state index is 12.0. The molecule has 0 unspecified atom stereocenters. The van der Waals surface area contributed by atoms with Crippen LogP contribution in [0, 0.1) is 0 Å². The van der Waals surface area contributed by atoms with Gasteiger partial charge in [0.15, 0.2) is 0 Å². The molecule has 1 rings (SSSR count). The van der Waals surface area contributed by atoms with Crippen LogP contribution in [-0.2, 0) is 10.0 Å². The van der Waals surface area contributed by atoms with Gasteiger partial charge in [0.2, 0.25) is 10.0 Å². The Hall–Kier alpha value is -1.60. The molecule has 0 aromatic heterocycles. The van der Waals surface area contributed by atoms with Crippen molar-refractivity contribution in [1.82, 2.24) is 10.0 Å². The minimum atomic E-state index is -3.51. The van der Waals surface area contributed by atoms with E-state index in [9.17, 15) is 13.2 Å². The van der Waals surface area contributed by atoms with Crippen LogP contribution < -0.4 is 15.4 Å². The number of urea groups is 1. The van der Waals surface area contributed by atoms with Crippen LogP contribution in [-0.4, -0.2) is 26.0 Å². The van der Waals surface area contributed by atoms with Crippen LogP contribution in [0.5, 0.6) is 0 Å². The molecule has 3 N–H and O–H groups in total. The van der Waals surface area contributed by atoms with Crippen molar-refractivity contribution in [2.24, 2.45) is 0 Å². The fourth-order valence-electron chi connectivity index (χ4n) is 1.60. The lowest BCUT2D eigenvalue weighted by atomic mass is 10.1. The molecule has 1 aromatic carbocycles. The highest BCUT2D eigenvalue weighted by molar-refractivity contribution is 7.89. The van der Waals surface area contributed by atoms with Crippen molar-refractivity contribution in [2.45, 2.75) is 51.1 Å². The summed E-state index contributed by atoms with van der Waals surface area (Å²) in [4.78, 5) is 11.9. The van der Waals surface area contributed by atoms with Gasteiger partial charge in [-0.3, -0.25) is 0 Å². The first-order chi connectivity index (χ1) is 9.49. The highest BCUT2D eigenvalue weighted by atomic mass is 32.2. The molecule has 0 aliphatic heterocycles. The van der Waals surface area contributed by atoms with Crippen molar-refractivity contribution in [3.05, 3.63) is 24.3 Å². The zero-order chi connectivity index (χ0) is 16.3. The van der Waals surface area contributed by atoms with E-state index in [1.165, 1.54) is 12.1 Å². The number of anilines is 1. The third kappa shape index (κ3) is 6.14. The van der Waals surface area contributed by atoms with Crippen molar-refractivity contribution in [1.29, 1.82) is 0 Å². The molecule has 0 radical (unpaired) electrons. The van der Waals surface area contributed by atoms with Crippen LogP contribution in [0.3, 0.4) is 0 Å². The first-order valence-corrected chi connectivity index (χ1v) is 8.19. The lowest BCUT2D eigenvalue weighted by Crippen LogP contribution is -2.43. The Morgan fingerprint density at radius 1 is 1.10 bits per heavy atom. The number of rotatable bonds is 4. The Bertz CT molecular complexity index is 587. The molecule has 0 saturated heterocycles. The number of sulfonamides is 1. The van der Waals surface area contributed by atoms with Gasteiger partial charge in [-0.25, -0.2) is 17.9 Å². The maximum absolute atomic E-state index is 12.0. The van der Waals surface area contributed by atoms with Gasteiger partial charge in [0, 0.05) is 17.3 Å². The average molecular weight is 313 g/mol. The predicted octanol–water partition coefficient (Wildman–Crippen LogP) is 2.29. The number of carbonyl (C=O) groups excluding carboxylic acids is 1. The fraction of sp³-hybridized carbons (Fsp3) is 0.500. The van der Waals surface area contributed by atoms with Crippen molar-refractivity contribution in [3.8, 4) is 0 Å². The van der Waals surface area contributed by atoms with Gasteiger partial charge in [0.05, 0.1) is 4.90 Å². The molecular formula is C14H23N3O3S. The summed E-state index contributed by atoms with van der Waals surface area (Å²) in [5, 5.41) is 5.41. The third-order valence-electron chi connectivity index (χ3n) is 2.30. The number of amides is 2. The standard InChI is InChI=1S/C14H23N3O3S/c1-10(2)17-21(19,20)12-8-6-11(7-9-12)15-13(18)16-14(3,4)5/h6-10,17H,1-5H3,(H2,15,16,18). The molecule has 0 atom stereocenters. The smallest absolute Gasteiger partial charge is 0.319 e. The molecule has 1 aromatic rings. The van der Waals surface area contributed by atoms with Crippen molar-refractivity contribution < 1.29 is 13.2 Å². The monoisotopic (exact) mass is 313 g/mol. The van der Waals surface area contributed by atoms with Crippen molar-refractivity contribution in [2.75, 3.05) is 5.32 Å². The second-order valence-corrected chi connectivity index (χ2v) is 7.84. The van der Waals surface area contributed by atoms with Crippen LogP contribution in [0.4, 0.5) is 10.5 Å². The number of carbonyl (C=O) groups is 1. The summed E-state index contributed by atoms with van der Waals surface area (Å²) in [7, 11) is -3.51. The fourth-order valence-corrected chi connectivity index (χ4v) is 2.85. The van der Waals surface area contributed by atoms with Gasteiger partial charge in [0.25, 0.3) is 0 Å². The van der Waals surface area contributed by atoms with Gasteiger partial charge in [-0.05, 0) is 58.9 Å². The molecule has 0 aliphatic rings. The summed E-state index contributed by atoms with van der Waals surface area (Å²) in [6.07, 6.45) is 0. The molecule has 0 saturated carbocycles. The van der Waals surface area contributed by atoms with Gasteiger partial charge < -0.3 is 10.6 Å². The van der Waals surface area contributed by atoms with Crippen LogP contribution >= 0.6 is 0 Å². The van der Waals surface area contributed by atoms with E-state index in [4.69, 9.17) is 0 Å². The Balaban J connectivity index is 2.77. The van der Waals surface area contributed by atoms with E-state index in [0.717, 1.165) is 0 Å². The highest BCUT2D eigenvalue weighted by Gasteiger charge is 2.16. The zero-order valence-electron chi connectivity index (χ0n) is 13.0. The molecular weight excluding hydrogens is 290 g/mol. The third-order valence-corrected chi connectivity index (χ3v) is 3.98. The normalized spacial score (nSPS) is 12.3. The topological polar surface area (TPSA) is 87.3 Å². The Labute approximate surface area is 126 Å². The molecule has 0 heterocycles. The maximum Gasteiger partial charge on any atom is 0.319 e. The van der Waals surface area contributed by atoms with Gasteiger partial charge in [0.1, 0.15) is 0 Å². The van der Waals surface area contributed by atoms with Gasteiger partial charge >= 0.3 is 6.03 Å². The molecule has 0 aliphatic carbocycles. The first-order valence-electron chi connectivity index (χ1n) is 6.71. The Kier molecular flexibility index (Phi) is 5.36. The summed E-state index contributed by atoms with van der Waals surface area (Å²) >= 11 is 0. The van der Waals surface area contributed by atoms with Crippen LogP contribution in [0.25, 0.3) is 0 Å². The highest BCUT2D eigenvalue weighted by Crippen LogP contribution is 2.14. The summed E-state index contributed by atoms with van der Waals surface area (Å²) in [6.45, 7) is 9.13. The number of nitrogens with one attached hydrogen (secondary N) is 3. The van der Waals surface area contributed by atoms with Crippen LogP contribution in [0.1, 0.15) is 34.6 Å². The lowest BCUT2D eigenvalue weighted by molar-refractivity contribution is 0.244. The van der Waals surface area contributed by atoms with E-state index >= 15 is 0 Å². The zero-order valence-corrected chi connectivity index (χ0v) is 13.8. The molecule has 0 fully saturated rings. The number of benzene rings is 1. The predicted molar refractivity (Wildman–Crippen MR) is 83.8 cm³/mol. The van der Waals surface area contributed by atoms with Gasteiger partial charge in [-0.1, -0.05) is 0 Å². The summed E-state index contributed by atoms with van der Waals surface area (Å²) in [5.74, 6) is 0. The molecule has 7 heteroatoms. The van der Waals surface area contributed by atoms with E-state index in [0.29, 0.717) is 5.69 Å². The molecule has 0 spiro atoms. The first kappa shape index (κ1) is 17.5. The van der Waals surface area contributed by atoms with E-state index in [1.54, 1.807) is 26.0 Å².